The minimum atomic E-state index is -3.00. The van der Waals surface area contributed by atoms with Gasteiger partial charge in [0, 0.05) is 40.6 Å². The number of pyridine rings is 1. The number of alkyl halides is 2. The molecule has 0 spiro atoms. The quantitative estimate of drug-likeness (QED) is 0.449. The number of carbonyl (C=O) groups excluding carboxylic acids is 1. The van der Waals surface area contributed by atoms with Crippen LogP contribution in [0, 0.1) is 0 Å². The molecule has 3 N–H and O–H groups in total. The van der Waals surface area contributed by atoms with Gasteiger partial charge in [0.25, 0.3) is 5.91 Å². The van der Waals surface area contributed by atoms with Gasteiger partial charge in [0.2, 0.25) is 0 Å². The van der Waals surface area contributed by atoms with E-state index in [1.807, 2.05) is 24.4 Å². The van der Waals surface area contributed by atoms with Gasteiger partial charge in [-0.05, 0) is 56.0 Å². The largest absolute Gasteiger partial charge is 0.434 e. The highest BCUT2D eigenvalue weighted by atomic mass is 19.3. The van der Waals surface area contributed by atoms with Crippen LogP contribution in [-0.4, -0.2) is 32.1 Å². The molecule has 2 bridgehead atoms. The molecule has 1 aliphatic heterocycles. The number of hydrogen-bond donors (Lipinski definition) is 2. The number of nitrogens with two attached hydrogens (primary N) is 1. The molecule has 36 heavy (non-hydrogen) atoms. The van der Waals surface area contributed by atoms with E-state index in [0.717, 1.165) is 36.1 Å². The lowest BCUT2D eigenvalue weighted by Gasteiger charge is -2.37. The van der Waals surface area contributed by atoms with Gasteiger partial charge < -0.3 is 15.8 Å². The van der Waals surface area contributed by atoms with E-state index in [1.165, 1.54) is 6.07 Å². The van der Waals surface area contributed by atoms with E-state index in [9.17, 15) is 13.6 Å². The number of aromatic nitrogens is 4. The number of hydrogen-bond acceptors (Lipinski definition) is 6. The van der Waals surface area contributed by atoms with Crippen molar-refractivity contribution in [3.05, 3.63) is 76.9 Å². The molecule has 0 saturated heterocycles. The van der Waals surface area contributed by atoms with Crippen molar-refractivity contribution in [1.29, 1.82) is 0 Å². The van der Waals surface area contributed by atoms with Crippen molar-refractivity contribution in [1.82, 2.24) is 24.9 Å². The summed E-state index contributed by atoms with van der Waals surface area (Å²) in [4.78, 5) is 22.4. The number of rotatable bonds is 4. The van der Waals surface area contributed by atoms with Crippen LogP contribution in [0.5, 0.6) is 5.75 Å². The Morgan fingerprint density at radius 1 is 1.17 bits per heavy atom. The van der Waals surface area contributed by atoms with Crippen LogP contribution in [0.2, 0.25) is 0 Å². The van der Waals surface area contributed by atoms with Gasteiger partial charge >= 0.3 is 6.61 Å². The Bertz CT molecular complexity index is 1530. The maximum absolute atomic E-state index is 13.2. The van der Waals surface area contributed by atoms with Gasteiger partial charge in [-0.15, -0.1) is 0 Å². The first-order chi connectivity index (χ1) is 17.4. The Hall–Kier alpha value is -3.92. The van der Waals surface area contributed by atoms with Crippen molar-refractivity contribution in [2.24, 2.45) is 5.73 Å². The fourth-order valence-electron chi connectivity index (χ4n) is 5.76. The molecule has 2 atom stereocenters. The average Bonchev–Trinajstić information content (AvgIpc) is 3.34. The molecule has 1 amide bonds. The minimum Gasteiger partial charge on any atom is -0.434 e. The summed E-state index contributed by atoms with van der Waals surface area (Å²) in [6.07, 6.45) is 7.08. The third-order valence-corrected chi connectivity index (χ3v) is 7.69. The number of nitrogens with zero attached hydrogens (tertiary/aromatic N) is 4. The van der Waals surface area contributed by atoms with Crippen molar-refractivity contribution >= 4 is 11.6 Å². The zero-order valence-electron chi connectivity index (χ0n) is 19.1. The number of amides is 1. The Balaban J connectivity index is 1.35. The molecule has 1 saturated carbocycles. The topological polar surface area (TPSA) is 107 Å². The lowest BCUT2D eigenvalue weighted by Crippen LogP contribution is -2.43. The number of nitrogens with one attached hydrogen (secondary N) is 1. The molecule has 0 radical (unpaired) electrons. The summed E-state index contributed by atoms with van der Waals surface area (Å²) in [5, 5.41) is 7.69. The molecule has 7 rings (SSSR count). The molecule has 4 aromatic rings. The molecule has 3 aliphatic rings. The van der Waals surface area contributed by atoms with Crippen LogP contribution in [0.3, 0.4) is 0 Å². The zero-order chi connectivity index (χ0) is 24.6. The first kappa shape index (κ1) is 21.4. The molecule has 10 heteroatoms. The Morgan fingerprint density at radius 2 is 2.03 bits per heavy atom. The maximum Gasteiger partial charge on any atom is 0.387 e. The van der Waals surface area contributed by atoms with Crippen LogP contribution in [0.25, 0.3) is 16.9 Å². The molecule has 0 unspecified atom stereocenters. The van der Waals surface area contributed by atoms with Crippen molar-refractivity contribution in [3.8, 4) is 17.0 Å². The van der Waals surface area contributed by atoms with E-state index in [2.05, 4.69) is 10.3 Å². The van der Waals surface area contributed by atoms with Crippen LogP contribution in [0.4, 0.5) is 8.78 Å². The highest BCUT2D eigenvalue weighted by Gasteiger charge is 2.44. The lowest BCUT2D eigenvalue weighted by atomic mass is 9.75. The van der Waals surface area contributed by atoms with Gasteiger partial charge in [0.15, 0.2) is 5.65 Å². The first-order valence-corrected chi connectivity index (χ1v) is 11.9. The minimum absolute atomic E-state index is 0.00171. The molecule has 1 aromatic carbocycles. The maximum atomic E-state index is 13.2. The van der Waals surface area contributed by atoms with Gasteiger partial charge in [-0.25, -0.2) is 9.50 Å². The number of halogens is 2. The van der Waals surface area contributed by atoms with Gasteiger partial charge in [-0.2, -0.15) is 13.9 Å². The summed E-state index contributed by atoms with van der Waals surface area (Å²) < 4.78 is 33.0. The molecule has 182 valence electrons. The third kappa shape index (κ3) is 3.07. The summed E-state index contributed by atoms with van der Waals surface area (Å²) >= 11 is 0. The Kier molecular flexibility index (Phi) is 4.47. The summed E-state index contributed by atoms with van der Waals surface area (Å²) in [7, 11) is 0. The lowest BCUT2D eigenvalue weighted by molar-refractivity contribution is -0.0505. The molecule has 1 fully saturated rings. The molecule has 4 heterocycles. The van der Waals surface area contributed by atoms with Crippen LogP contribution < -0.4 is 15.8 Å². The standard InChI is InChI=1S/C26H22F2N6O2/c27-25(28)36-18-4-1-3-14-20(18)15-11-17(32-24(14)35)22-21(15)23-31-16(7-10-34(23)33-22)13-5-6-19(30-12-13)26(29)8-2-9-26/h1,3-7,10,12,15,17,25H,2,8-9,11,29H2,(H,32,35)/t15-,17-/m1/s1. The smallest absolute Gasteiger partial charge is 0.387 e. The number of ether oxygens (including phenoxy) is 1. The molecule has 3 aromatic heterocycles. The second-order valence-corrected chi connectivity index (χ2v) is 9.73. The van der Waals surface area contributed by atoms with E-state index in [-0.39, 0.29) is 29.2 Å². The summed E-state index contributed by atoms with van der Waals surface area (Å²) in [6, 6.07) is 10.1. The SMILES string of the molecule is NC1(c2ccc(-c3ccn4nc5c(c4n3)[C@@H]3C[C@H]5NC(=O)c4cccc(OC(F)F)c43)cn2)CCC1. The molecule has 2 aliphatic carbocycles. The van der Waals surface area contributed by atoms with Crippen LogP contribution in [0.15, 0.2) is 48.8 Å². The average molecular weight is 488 g/mol. The predicted molar refractivity (Wildman–Crippen MR) is 126 cm³/mol. The van der Waals surface area contributed by atoms with E-state index in [0.29, 0.717) is 34.6 Å². The molecular weight excluding hydrogens is 466 g/mol. The summed E-state index contributed by atoms with van der Waals surface area (Å²) in [5.41, 5.74) is 11.4. The molecular formula is C26H22F2N6O2. The van der Waals surface area contributed by atoms with Crippen molar-refractivity contribution in [2.75, 3.05) is 0 Å². The van der Waals surface area contributed by atoms with Gasteiger partial charge in [-0.3, -0.25) is 9.78 Å². The van der Waals surface area contributed by atoms with Crippen molar-refractivity contribution < 1.29 is 18.3 Å². The summed E-state index contributed by atoms with van der Waals surface area (Å²) in [5.74, 6) is -0.701. The Morgan fingerprint density at radius 3 is 2.75 bits per heavy atom. The highest BCUT2D eigenvalue weighted by Crippen LogP contribution is 2.51. The normalized spacial score (nSPS) is 21.5. The predicted octanol–water partition coefficient (Wildman–Crippen LogP) is 4.05. The van der Waals surface area contributed by atoms with Crippen LogP contribution in [0.1, 0.15) is 70.5 Å². The number of benzene rings is 1. The van der Waals surface area contributed by atoms with Crippen molar-refractivity contribution in [3.63, 3.8) is 0 Å². The van der Waals surface area contributed by atoms with Gasteiger partial charge in [-0.1, -0.05) is 6.07 Å². The zero-order valence-corrected chi connectivity index (χ0v) is 19.1. The van der Waals surface area contributed by atoms with Crippen LogP contribution >= 0.6 is 0 Å². The van der Waals surface area contributed by atoms with Crippen molar-refractivity contribution in [2.45, 2.75) is 49.8 Å². The molecule has 8 nitrogen and oxygen atoms in total. The fourth-order valence-corrected chi connectivity index (χ4v) is 5.76. The van der Waals surface area contributed by atoms with Crippen LogP contribution in [-0.2, 0) is 5.54 Å². The third-order valence-electron chi connectivity index (χ3n) is 7.69. The number of fused-ring (bicyclic) bond motifs is 9. The van der Waals surface area contributed by atoms with Gasteiger partial charge in [0.05, 0.1) is 28.7 Å². The second-order valence-electron chi connectivity index (χ2n) is 9.73. The highest BCUT2D eigenvalue weighted by molar-refractivity contribution is 5.98. The van der Waals surface area contributed by atoms with E-state index >= 15 is 0 Å². The van der Waals surface area contributed by atoms with E-state index in [4.69, 9.17) is 20.6 Å². The fraction of sp³-hybridized carbons (Fsp3) is 0.308. The van der Waals surface area contributed by atoms with E-state index in [1.54, 1.807) is 22.8 Å². The summed E-state index contributed by atoms with van der Waals surface area (Å²) in [6.45, 7) is -3.00. The van der Waals surface area contributed by atoms with Gasteiger partial charge in [0.1, 0.15) is 5.75 Å². The first-order valence-electron chi connectivity index (χ1n) is 11.9. The monoisotopic (exact) mass is 488 g/mol. The second kappa shape index (κ2) is 7.54. The number of carbonyl (C=O) groups is 1. The Labute approximate surface area is 204 Å². The van der Waals surface area contributed by atoms with E-state index < -0.39 is 6.61 Å².